The molecule has 0 bridgehead atoms. The van der Waals surface area contributed by atoms with Gasteiger partial charge < -0.3 is 5.32 Å². The molecule has 5 heteroatoms. The van der Waals surface area contributed by atoms with Crippen molar-refractivity contribution in [2.75, 3.05) is 5.32 Å². The second-order valence-corrected chi connectivity index (χ2v) is 3.79. The zero-order valence-electron chi connectivity index (χ0n) is 7.89. The first-order valence-corrected chi connectivity index (χ1v) is 5.24. The van der Waals surface area contributed by atoms with Crippen LogP contribution in [0.4, 0.5) is 5.82 Å². The van der Waals surface area contributed by atoms with Gasteiger partial charge in [0.25, 0.3) is 0 Å². The molecule has 15 heavy (non-hydrogen) atoms. The molecule has 0 aliphatic heterocycles. The standard InChI is InChI=1S/C10H9BrN4/c11-9-6-13-7-15-10(9)14-5-8-2-1-3-12-4-8/h1-4,6-7H,5H2,(H,13,14,15). The second kappa shape index (κ2) is 4.84. The predicted molar refractivity (Wildman–Crippen MR) is 61.3 cm³/mol. The van der Waals surface area contributed by atoms with Gasteiger partial charge in [0.2, 0.25) is 0 Å². The van der Waals surface area contributed by atoms with Gasteiger partial charge in [0.15, 0.2) is 0 Å². The average molecular weight is 265 g/mol. The Balaban J connectivity index is 2.03. The lowest BCUT2D eigenvalue weighted by atomic mass is 10.3. The summed E-state index contributed by atoms with van der Waals surface area (Å²) < 4.78 is 0.855. The van der Waals surface area contributed by atoms with E-state index in [1.807, 2.05) is 18.3 Å². The summed E-state index contributed by atoms with van der Waals surface area (Å²) in [7, 11) is 0. The number of nitrogens with one attached hydrogen (secondary N) is 1. The van der Waals surface area contributed by atoms with Gasteiger partial charge >= 0.3 is 0 Å². The smallest absolute Gasteiger partial charge is 0.144 e. The van der Waals surface area contributed by atoms with Crippen LogP contribution in [0.2, 0.25) is 0 Å². The van der Waals surface area contributed by atoms with E-state index in [1.54, 1.807) is 12.4 Å². The van der Waals surface area contributed by atoms with E-state index in [0.717, 1.165) is 15.9 Å². The summed E-state index contributed by atoms with van der Waals surface area (Å²) in [5.41, 5.74) is 1.11. The van der Waals surface area contributed by atoms with E-state index in [-0.39, 0.29) is 0 Å². The largest absolute Gasteiger partial charge is 0.365 e. The molecule has 0 saturated heterocycles. The van der Waals surface area contributed by atoms with E-state index < -0.39 is 0 Å². The van der Waals surface area contributed by atoms with Gasteiger partial charge in [0.1, 0.15) is 12.1 Å². The van der Waals surface area contributed by atoms with E-state index in [0.29, 0.717) is 6.54 Å². The van der Waals surface area contributed by atoms with Crippen molar-refractivity contribution in [2.45, 2.75) is 6.54 Å². The van der Waals surface area contributed by atoms with Crippen LogP contribution in [0.15, 0.2) is 41.5 Å². The fraction of sp³-hybridized carbons (Fsp3) is 0.100. The van der Waals surface area contributed by atoms with Crippen LogP contribution in [0.3, 0.4) is 0 Å². The molecule has 0 fully saturated rings. The third-order valence-electron chi connectivity index (χ3n) is 1.85. The molecule has 0 saturated carbocycles. The van der Waals surface area contributed by atoms with Crippen molar-refractivity contribution in [3.05, 3.63) is 47.1 Å². The van der Waals surface area contributed by atoms with Crippen LogP contribution >= 0.6 is 15.9 Å². The lowest BCUT2D eigenvalue weighted by molar-refractivity contribution is 1.06. The molecular formula is C10H9BrN4. The van der Waals surface area contributed by atoms with Gasteiger partial charge in [-0.05, 0) is 27.6 Å². The molecule has 0 aliphatic rings. The number of rotatable bonds is 3. The number of hydrogen-bond donors (Lipinski definition) is 1. The Morgan fingerprint density at radius 3 is 2.93 bits per heavy atom. The summed E-state index contributed by atoms with van der Waals surface area (Å²) in [4.78, 5) is 12.0. The van der Waals surface area contributed by atoms with Gasteiger partial charge in [-0.3, -0.25) is 4.98 Å². The van der Waals surface area contributed by atoms with Crippen LogP contribution in [-0.2, 0) is 6.54 Å². The topological polar surface area (TPSA) is 50.7 Å². The molecule has 2 rings (SSSR count). The molecular weight excluding hydrogens is 256 g/mol. The fourth-order valence-electron chi connectivity index (χ4n) is 1.13. The van der Waals surface area contributed by atoms with Gasteiger partial charge in [0.05, 0.1) is 4.47 Å². The highest BCUT2D eigenvalue weighted by atomic mass is 79.9. The summed E-state index contributed by atoms with van der Waals surface area (Å²) in [5, 5.41) is 3.19. The van der Waals surface area contributed by atoms with Gasteiger partial charge in [-0.25, -0.2) is 9.97 Å². The molecule has 4 nitrogen and oxygen atoms in total. The Kier molecular flexibility index (Phi) is 3.24. The van der Waals surface area contributed by atoms with Crippen LogP contribution in [-0.4, -0.2) is 15.0 Å². The molecule has 2 heterocycles. The zero-order chi connectivity index (χ0) is 10.5. The maximum Gasteiger partial charge on any atom is 0.144 e. The van der Waals surface area contributed by atoms with Crippen molar-refractivity contribution >= 4 is 21.7 Å². The first-order chi connectivity index (χ1) is 7.36. The van der Waals surface area contributed by atoms with Gasteiger partial charge in [0, 0.05) is 25.1 Å². The van der Waals surface area contributed by atoms with Gasteiger partial charge in [-0.2, -0.15) is 0 Å². The highest BCUT2D eigenvalue weighted by Crippen LogP contribution is 2.17. The minimum Gasteiger partial charge on any atom is -0.365 e. The zero-order valence-corrected chi connectivity index (χ0v) is 9.48. The van der Waals surface area contributed by atoms with Crippen molar-refractivity contribution in [3.8, 4) is 0 Å². The minimum atomic E-state index is 0.698. The normalized spacial score (nSPS) is 9.93. The quantitative estimate of drug-likeness (QED) is 0.924. The predicted octanol–water partition coefficient (Wildman–Crippen LogP) is 2.25. The Morgan fingerprint density at radius 1 is 1.27 bits per heavy atom. The van der Waals surface area contributed by atoms with Gasteiger partial charge in [-0.15, -0.1) is 0 Å². The Hall–Kier alpha value is -1.49. The van der Waals surface area contributed by atoms with E-state index in [2.05, 4.69) is 36.2 Å². The number of nitrogens with zero attached hydrogens (tertiary/aromatic N) is 3. The lowest BCUT2D eigenvalue weighted by Gasteiger charge is -2.05. The molecule has 0 unspecified atom stereocenters. The Morgan fingerprint density at radius 2 is 2.20 bits per heavy atom. The van der Waals surface area contributed by atoms with Crippen LogP contribution in [0.5, 0.6) is 0 Å². The second-order valence-electron chi connectivity index (χ2n) is 2.93. The lowest BCUT2D eigenvalue weighted by Crippen LogP contribution is -2.02. The molecule has 0 amide bonds. The maximum absolute atomic E-state index is 4.10. The molecule has 2 aromatic heterocycles. The summed E-state index contributed by atoms with van der Waals surface area (Å²) >= 11 is 3.37. The van der Waals surface area contributed by atoms with E-state index >= 15 is 0 Å². The van der Waals surface area contributed by atoms with E-state index in [9.17, 15) is 0 Å². The summed E-state index contributed by atoms with van der Waals surface area (Å²) in [6.07, 6.45) is 6.79. The SMILES string of the molecule is Brc1cncnc1NCc1cccnc1. The molecule has 0 atom stereocenters. The number of hydrogen-bond acceptors (Lipinski definition) is 4. The Labute approximate surface area is 95.9 Å². The van der Waals surface area contributed by atoms with Crippen molar-refractivity contribution in [1.82, 2.24) is 15.0 Å². The molecule has 2 aromatic rings. The summed E-state index contributed by atoms with van der Waals surface area (Å²) in [6.45, 7) is 0.698. The average Bonchev–Trinajstić information content (AvgIpc) is 2.29. The maximum atomic E-state index is 4.10. The third-order valence-corrected chi connectivity index (χ3v) is 2.43. The minimum absolute atomic E-state index is 0.698. The number of halogens is 1. The van der Waals surface area contributed by atoms with Gasteiger partial charge in [-0.1, -0.05) is 6.07 Å². The van der Waals surface area contributed by atoms with Crippen molar-refractivity contribution in [3.63, 3.8) is 0 Å². The monoisotopic (exact) mass is 264 g/mol. The molecule has 1 N–H and O–H groups in total. The molecule has 0 aliphatic carbocycles. The third kappa shape index (κ3) is 2.73. The molecule has 0 aromatic carbocycles. The first kappa shape index (κ1) is 10.0. The highest BCUT2D eigenvalue weighted by Gasteiger charge is 1.99. The fourth-order valence-corrected chi connectivity index (χ4v) is 1.49. The van der Waals surface area contributed by atoms with Crippen LogP contribution in [0.1, 0.15) is 5.56 Å². The van der Waals surface area contributed by atoms with E-state index in [1.165, 1.54) is 6.33 Å². The number of aromatic nitrogens is 3. The molecule has 76 valence electrons. The number of anilines is 1. The number of pyridine rings is 1. The van der Waals surface area contributed by atoms with Crippen LogP contribution < -0.4 is 5.32 Å². The van der Waals surface area contributed by atoms with Crippen molar-refractivity contribution in [1.29, 1.82) is 0 Å². The van der Waals surface area contributed by atoms with Crippen LogP contribution in [0.25, 0.3) is 0 Å². The summed E-state index contributed by atoms with van der Waals surface area (Å²) in [6, 6.07) is 3.92. The van der Waals surface area contributed by atoms with Crippen molar-refractivity contribution < 1.29 is 0 Å². The van der Waals surface area contributed by atoms with Crippen LogP contribution in [0, 0.1) is 0 Å². The molecule has 0 radical (unpaired) electrons. The highest BCUT2D eigenvalue weighted by molar-refractivity contribution is 9.10. The summed E-state index contributed by atoms with van der Waals surface area (Å²) in [5.74, 6) is 0.786. The van der Waals surface area contributed by atoms with E-state index in [4.69, 9.17) is 0 Å². The molecule has 0 spiro atoms. The van der Waals surface area contributed by atoms with Crippen molar-refractivity contribution in [2.24, 2.45) is 0 Å². The first-order valence-electron chi connectivity index (χ1n) is 4.44. The Bertz CT molecular complexity index is 432.